The Labute approximate surface area is 205 Å². The molecular formula is C27H24IrN3O2-. The molecule has 6 rings (SSSR count). The van der Waals surface area contributed by atoms with Crippen molar-refractivity contribution in [2.75, 3.05) is 0 Å². The monoisotopic (exact) mass is 615 g/mol. The molecule has 5 nitrogen and oxygen atoms in total. The SMILES string of the molecule is CC(=O)/C=C(/C)O.CC1(C)c2c([n-]c3ccccc23)-n2c3ncccc3c3cccc1c32.[Ir]. The molecular weight excluding hydrogens is 591 g/mol. The Morgan fingerprint density at radius 1 is 1.00 bits per heavy atom. The first-order valence-corrected chi connectivity index (χ1v) is 10.6. The largest absolute Gasteiger partial charge is 0.512 e. The van der Waals surface area contributed by atoms with E-state index in [0.717, 1.165) is 17.0 Å². The fraction of sp³-hybridized carbons (Fsp3) is 0.185. The van der Waals surface area contributed by atoms with Gasteiger partial charge in [-0.05, 0) is 58.7 Å². The zero-order chi connectivity index (χ0) is 22.6. The second kappa shape index (κ2) is 8.29. The molecule has 0 bridgehead atoms. The van der Waals surface area contributed by atoms with Crippen LogP contribution in [-0.2, 0) is 30.3 Å². The summed E-state index contributed by atoms with van der Waals surface area (Å²) in [5.74, 6) is 0.969. The van der Waals surface area contributed by atoms with Gasteiger partial charge < -0.3 is 14.7 Å². The van der Waals surface area contributed by atoms with Crippen LogP contribution in [0.15, 0.2) is 72.6 Å². The average molecular weight is 615 g/mol. The minimum Gasteiger partial charge on any atom is -0.512 e. The molecule has 33 heavy (non-hydrogen) atoms. The van der Waals surface area contributed by atoms with Crippen molar-refractivity contribution in [3.05, 3.63) is 83.8 Å². The van der Waals surface area contributed by atoms with Crippen molar-refractivity contribution in [2.45, 2.75) is 33.1 Å². The first-order valence-electron chi connectivity index (χ1n) is 10.6. The number of nitrogens with zero attached hydrogens (tertiary/aromatic N) is 3. The molecule has 0 unspecified atom stereocenters. The Hall–Kier alpha value is -3.21. The Morgan fingerprint density at radius 3 is 2.39 bits per heavy atom. The molecule has 4 heterocycles. The van der Waals surface area contributed by atoms with Crippen LogP contribution in [0.2, 0.25) is 0 Å². The van der Waals surface area contributed by atoms with E-state index in [2.05, 4.69) is 66.9 Å². The summed E-state index contributed by atoms with van der Waals surface area (Å²) in [6.07, 6.45) is 3.03. The van der Waals surface area contributed by atoms with Crippen molar-refractivity contribution >= 4 is 38.6 Å². The molecule has 0 atom stereocenters. The normalized spacial score (nSPS) is 13.9. The number of fused-ring (bicyclic) bond motifs is 7. The summed E-state index contributed by atoms with van der Waals surface area (Å²) < 4.78 is 2.26. The predicted octanol–water partition coefficient (Wildman–Crippen LogP) is 5.96. The van der Waals surface area contributed by atoms with Crippen molar-refractivity contribution < 1.29 is 30.0 Å². The number of carbonyl (C=O) groups is 1. The molecule has 0 fully saturated rings. The van der Waals surface area contributed by atoms with E-state index in [9.17, 15) is 4.79 Å². The number of aromatic nitrogens is 3. The Kier molecular flexibility index (Phi) is 5.77. The molecule has 6 heteroatoms. The van der Waals surface area contributed by atoms with Gasteiger partial charge in [0.2, 0.25) is 0 Å². The van der Waals surface area contributed by atoms with Gasteiger partial charge in [0.05, 0.1) is 11.4 Å². The van der Waals surface area contributed by atoms with Crippen LogP contribution in [0.1, 0.15) is 38.8 Å². The van der Waals surface area contributed by atoms with E-state index in [0.29, 0.717) is 0 Å². The summed E-state index contributed by atoms with van der Waals surface area (Å²) in [5, 5.41) is 12.0. The molecule has 0 saturated heterocycles. The molecule has 169 valence electrons. The van der Waals surface area contributed by atoms with Crippen LogP contribution in [-0.4, -0.2) is 20.4 Å². The number of aliphatic hydroxyl groups is 1. The van der Waals surface area contributed by atoms with E-state index in [1.807, 2.05) is 12.3 Å². The maximum absolute atomic E-state index is 10.0. The van der Waals surface area contributed by atoms with Crippen LogP contribution in [0, 0.1) is 0 Å². The zero-order valence-corrected chi connectivity index (χ0v) is 21.3. The first kappa shape index (κ1) is 23.0. The van der Waals surface area contributed by atoms with Crippen LogP contribution in [0.25, 0.3) is 38.7 Å². The Balaban J connectivity index is 0.000000287. The van der Waals surface area contributed by atoms with Crippen molar-refractivity contribution in [1.82, 2.24) is 14.5 Å². The second-order valence-electron chi connectivity index (χ2n) is 8.76. The van der Waals surface area contributed by atoms with Crippen molar-refractivity contribution in [2.24, 2.45) is 0 Å². The maximum atomic E-state index is 10.0. The van der Waals surface area contributed by atoms with Crippen LogP contribution in [0.3, 0.4) is 0 Å². The van der Waals surface area contributed by atoms with Gasteiger partial charge in [0.15, 0.2) is 5.78 Å². The van der Waals surface area contributed by atoms with E-state index in [4.69, 9.17) is 15.1 Å². The van der Waals surface area contributed by atoms with Gasteiger partial charge in [-0.15, -0.1) is 0 Å². The van der Waals surface area contributed by atoms with E-state index < -0.39 is 0 Å². The number of carbonyl (C=O) groups excluding carboxylic acids is 1. The quantitative estimate of drug-likeness (QED) is 0.187. The predicted molar refractivity (Wildman–Crippen MR) is 129 cm³/mol. The van der Waals surface area contributed by atoms with Gasteiger partial charge in [0, 0.05) is 43.2 Å². The summed E-state index contributed by atoms with van der Waals surface area (Å²) in [4.78, 5) is 19.7. The van der Waals surface area contributed by atoms with Crippen molar-refractivity contribution in [1.29, 1.82) is 0 Å². The van der Waals surface area contributed by atoms with Gasteiger partial charge in [0.1, 0.15) is 0 Å². The van der Waals surface area contributed by atoms with Gasteiger partial charge in [-0.3, -0.25) is 9.78 Å². The molecule has 0 aliphatic carbocycles. The van der Waals surface area contributed by atoms with Gasteiger partial charge in [-0.2, -0.15) is 0 Å². The fourth-order valence-electron chi connectivity index (χ4n) is 4.88. The smallest absolute Gasteiger partial charge is 0.155 e. The minimum atomic E-state index is -0.125. The second-order valence-corrected chi connectivity index (χ2v) is 8.76. The minimum absolute atomic E-state index is 0. The number of hydrogen-bond donors (Lipinski definition) is 1. The number of rotatable bonds is 1. The standard InChI is InChI=1S/C22H16N3.C5H8O2.Ir/c1-22(2)16-10-5-8-13-14-9-6-12-23-20(14)25(19(13)16)21-18(22)15-7-3-4-11-17(15)24-21;1-4(6)3-5(2)7;/h3-12H,1-2H3;3,6H,1-2H3;/q-1;;/b;4-3-;. The van der Waals surface area contributed by atoms with E-state index in [1.54, 1.807) is 0 Å². The fourth-order valence-corrected chi connectivity index (χ4v) is 4.88. The molecule has 1 aliphatic rings. The number of hydrogen-bond acceptors (Lipinski definition) is 3. The molecule has 1 radical (unpaired) electrons. The molecule has 2 aromatic carbocycles. The molecule has 1 N–H and O–H groups in total. The summed E-state index contributed by atoms with van der Waals surface area (Å²) >= 11 is 0. The summed E-state index contributed by atoms with van der Waals surface area (Å²) in [5.41, 5.74) is 5.83. The molecule has 3 aromatic heterocycles. The third-order valence-electron chi connectivity index (χ3n) is 6.09. The topological polar surface area (TPSA) is 69.2 Å². The molecule has 0 saturated carbocycles. The number of ketones is 1. The van der Waals surface area contributed by atoms with Crippen molar-refractivity contribution in [3.8, 4) is 5.82 Å². The molecule has 5 aromatic rings. The van der Waals surface area contributed by atoms with E-state index in [-0.39, 0.29) is 37.1 Å². The van der Waals surface area contributed by atoms with Gasteiger partial charge in [-0.25, -0.2) is 0 Å². The number of aliphatic hydroxyl groups excluding tert-OH is 1. The third kappa shape index (κ3) is 3.50. The number of benzene rings is 2. The average Bonchev–Trinajstić information content (AvgIpc) is 3.29. The van der Waals surface area contributed by atoms with Crippen LogP contribution in [0.4, 0.5) is 0 Å². The number of para-hydroxylation sites is 2. The van der Waals surface area contributed by atoms with Gasteiger partial charge >= 0.3 is 0 Å². The Bertz CT molecular complexity index is 1550. The summed E-state index contributed by atoms with van der Waals surface area (Å²) in [6.45, 7) is 7.47. The number of allylic oxidation sites excluding steroid dienone is 2. The van der Waals surface area contributed by atoms with Crippen LogP contribution < -0.4 is 4.98 Å². The molecule has 1 aliphatic heterocycles. The molecule has 0 spiro atoms. The van der Waals surface area contributed by atoms with E-state index >= 15 is 0 Å². The molecule has 0 amide bonds. The van der Waals surface area contributed by atoms with Crippen LogP contribution >= 0.6 is 0 Å². The third-order valence-corrected chi connectivity index (χ3v) is 6.09. The zero-order valence-electron chi connectivity index (χ0n) is 18.9. The maximum Gasteiger partial charge on any atom is 0.155 e. The van der Waals surface area contributed by atoms with E-state index in [1.165, 1.54) is 52.7 Å². The van der Waals surface area contributed by atoms with Gasteiger partial charge in [0.25, 0.3) is 0 Å². The number of pyridine rings is 1. The van der Waals surface area contributed by atoms with Gasteiger partial charge in [-0.1, -0.05) is 62.4 Å². The van der Waals surface area contributed by atoms with Crippen molar-refractivity contribution in [3.63, 3.8) is 0 Å². The van der Waals surface area contributed by atoms with Crippen LogP contribution in [0.5, 0.6) is 0 Å². The summed E-state index contributed by atoms with van der Waals surface area (Å²) in [6, 6.07) is 19.2. The summed E-state index contributed by atoms with van der Waals surface area (Å²) in [7, 11) is 0. The Morgan fingerprint density at radius 2 is 1.70 bits per heavy atom. The first-order chi connectivity index (χ1) is 15.3.